The Morgan fingerprint density at radius 1 is 0.885 bits per heavy atom. The van der Waals surface area contributed by atoms with E-state index in [1.165, 1.54) is 0 Å². The summed E-state index contributed by atoms with van der Waals surface area (Å²) in [4.78, 5) is 53.2. The molecule has 0 bridgehead atoms. The van der Waals surface area contributed by atoms with Crippen molar-refractivity contribution in [3.63, 3.8) is 0 Å². The van der Waals surface area contributed by atoms with Crippen LogP contribution in [-0.4, -0.2) is 40.3 Å². The largest absolute Gasteiger partial charge is 1.00 e. The average Bonchev–Trinajstić information content (AvgIpc) is 2.21. The van der Waals surface area contributed by atoms with E-state index in [0.717, 1.165) is 0 Å². The molecule has 26 heavy (non-hydrogen) atoms. The normalized spacial score (nSPS) is 15.7. The number of carboxylic acids is 1. The van der Waals surface area contributed by atoms with Crippen molar-refractivity contribution in [3.05, 3.63) is 0 Å². The molecule has 138 valence electrons. The van der Waals surface area contributed by atoms with Crippen LogP contribution in [0.25, 0.3) is 0 Å². The topological polar surface area (TPSA) is 223 Å². The van der Waals surface area contributed by atoms with Crippen LogP contribution in [0.3, 0.4) is 0 Å². The summed E-state index contributed by atoms with van der Waals surface area (Å²) in [5, 5.41) is 27.7. The Kier molecular flexibility index (Phi) is 28.2. The molecule has 4 atom stereocenters. The fraction of sp³-hybridized carbons (Fsp3) is 0.625. The molecule has 0 rings (SSSR count). The van der Waals surface area contributed by atoms with Crippen molar-refractivity contribution in [2.45, 2.75) is 34.0 Å². The zero-order valence-electron chi connectivity index (χ0n) is 12.9. The molecule has 0 aliphatic carbocycles. The second-order valence-corrected chi connectivity index (χ2v) is 5.99. The number of carbonyl (C=O) groups is 3. The van der Waals surface area contributed by atoms with E-state index in [2.05, 4.69) is 13.4 Å². The molecule has 0 saturated heterocycles. The fourth-order valence-electron chi connectivity index (χ4n) is 0.735. The number of rotatable bonds is 7. The standard InChI is InChI=1S/C6H10O13P2.2CH4.3Na/c1-2(7)17-20(13,14)19-21(15,16)18-6(12)4(9)3(8)5(10)11;;;;;/h3-4,8-9H,1H3,(H,10,11)(H,13,14)(H,15,16);2*1H4;;;/q;;;3*+1/p-3. The van der Waals surface area contributed by atoms with Crippen LogP contribution in [0.2, 0.25) is 0 Å². The van der Waals surface area contributed by atoms with Gasteiger partial charge in [0, 0.05) is 6.92 Å². The molecule has 18 heteroatoms. The van der Waals surface area contributed by atoms with Gasteiger partial charge in [-0.15, -0.1) is 0 Å². The molecular weight excluding hydrogens is 435 g/mol. The zero-order chi connectivity index (χ0) is 17.0. The van der Waals surface area contributed by atoms with Crippen LogP contribution in [0.5, 0.6) is 0 Å². The summed E-state index contributed by atoms with van der Waals surface area (Å²) >= 11 is 0. The van der Waals surface area contributed by atoms with E-state index in [1.807, 2.05) is 0 Å². The Morgan fingerprint density at radius 2 is 1.23 bits per heavy atom. The SMILES string of the molecule is C.C.CC(=O)OP(=O)([O-])OP(=O)([O-])OC(=O)C(O)C(O)C(=O)[O-].[Na+].[Na+].[Na+]. The molecule has 0 radical (unpaired) electrons. The molecule has 13 nitrogen and oxygen atoms in total. The second kappa shape index (κ2) is 17.5. The van der Waals surface area contributed by atoms with E-state index in [1.54, 1.807) is 0 Å². The van der Waals surface area contributed by atoms with Crippen molar-refractivity contribution in [2.24, 2.45) is 0 Å². The van der Waals surface area contributed by atoms with E-state index in [4.69, 9.17) is 10.2 Å². The van der Waals surface area contributed by atoms with Crippen LogP contribution < -0.4 is 104 Å². The first kappa shape index (κ1) is 41.9. The van der Waals surface area contributed by atoms with Gasteiger partial charge in [0.05, 0.1) is 5.97 Å². The Morgan fingerprint density at radius 3 is 1.54 bits per heavy atom. The first-order valence-corrected chi connectivity index (χ1v) is 7.53. The smallest absolute Gasteiger partial charge is 0.746 e. The molecule has 0 aromatic heterocycles. The summed E-state index contributed by atoms with van der Waals surface area (Å²) in [5.74, 6) is -6.07. The third kappa shape index (κ3) is 17.7. The van der Waals surface area contributed by atoms with E-state index >= 15 is 0 Å². The fourth-order valence-corrected chi connectivity index (χ4v) is 2.62. The maximum absolute atomic E-state index is 11.0. The van der Waals surface area contributed by atoms with Gasteiger partial charge < -0.3 is 38.9 Å². The zero-order valence-corrected chi connectivity index (χ0v) is 20.7. The van der Waals surface area contributed by atoms with Crippen molar-refractivity contribution >= 4 is 33.6 Å². The van der Waals surface area contributed by atoms with Gasteiger partial charge >= 0.3 is 116 Å². The minimum Gasteiger partial charge on any atom is -0.746 e. The summed E-state index contributed by atoms with van der Waals surface area (Å²) in [6.45, 7) is 0.593. The van der Waals surface area contributed by atoms with Crippen molar-refractivity contribution in [2.75, 3.05) is 0 Å². The number of phosphoric acid groups is 2. The van der Waals surface area contributed by atoms with E-state index in [-0.39, 0.29) is 104 Å². The predicted molar refractivity (Wildman–Crippen MR) is 64.6 cm³/mol. The molecule has 0 saturated carbocycles. The Labute approximate surface area is 215 Å². The summed E-state index contributed by atoms with van der Waals surface area (Å²) in [6, 6.07) is 0. The van der Waals surface area contributed by atoms with Crippen molar-refractivity contribution in [3.8, 4) is 0 Å². The maximum Gasteiger partial charge on any atom is 1.00 e. The number of carbonyl (C=O) groups excluding carboxylic acids is 3. The van der Waals surface area contributed by atoms with Crippen molar-refractivity contribution < 1.29 is 151 Å². The van der Waals surface area contributed by atoms with Crippen LogP contribution >= 0.6 is 15.6 Å². The number of carboxylic acid groups (broad SMARTS) is 1. The number of aliphatic hydroxyl groups is 2. The van der Waals surface area contributed by atoms with E-state index < -0.39 is 45.8 Å². The van der Waals surface area contributed by atoms with Crippen molar-refractivity contribution in [1.29, 1.82) is 0 Å². The number of hydrogen-bond acceptors (Lipinski definition) is 13. The van der Waals surface area contributed by atoms with Gasteiger partial charge in [-0.05, 0) is 0 Å². The third-order valence-electron chi connectivity index (χ3n) is 1.42. The molecule has 2 N–H and O–H groups in total. The first-order valence-electron chi connectivity index (χ1n) is 4.61. The van der Waals surface area contributed by atoms with Gasteiger partial charge in [-0.25, -0.2) is 9.11 Å². The quantitative estimate of drug-likeness (QED) is 0.272. The van der Waals surface area contributed by atoms with Crippen LogP contribution in [-0.2, 0) is 36.9 Å². The second-order valence-electron chi connectivity index (χ2n) is 3.18. The van der Waals surface area contributed by atoms with Crippen LogP contribution in [0, 0.1) is 0 Å². The molecular formula is C8H15Na3O13P2. The summed E-state index contributed by atoms with van der Waals surface area (Å²) < 4.78 is 31.9. The minimum atomic E-state index is -5.99. The molecule has 0 aromatic rings. The number of aliphatic carboxylic acids is 1. The molecule has 0 amide bonds. The predicted octanol–water partition coefficient (Wildman–Crippen LogP) is -12.2. The molecule has 4 unspecified atom stereocenters. The Balaban J connectivity index is -0.000000200. The van der Waals surface area contributed by atoms with Crippen LogP contribution in [0.15, 0.2) is 0 Å². The van der Waals surface area contributed by atoms with Gasteiger partial charge in [0.25, 0.3) is 0 Å². The number of hydrogen-bond donors (Lipinski definition) is 2. The number of phosphoric ester groups is 2. The van der Waals surface area contributed by atoms with Crippen molar-refractivity contribution in [1.82, 2.24) is 0 Å². The third-order valence-corrected chi connectivity index (χ3v) is 3.91. The molecule has 0 aromatic carbocycles. The molecule has 0 heterocycles. The Bertz CT molecular complexity index is 541. The maximum atomic E-state index is 11.0. The van der Waals surface area contributed by atoms with Gasteiger partial charge in [0.1, 0.15) is 6.10 Å². The van der Waals surface area contributed by atoms with E-state index in [0.29, 0.717) is 6.92 Å². The summed E-state index contributed by atoms with van der Waals surface area (Å²) in [6.07, 6.45) is -5.74. The van der Waals surface area contributed by atoms with Crippen LogP contribution in [0.1, 0.15) is 21.8 Å². The molecule has 0 spiro atoms. The first-order chi connectivity index (χ1) is 9.27. The monoisotopic (exact) mass is 450 g/mol. The summed E-state index contributed by atoms with van der Waals surface area (Å²) in [5.41, 5.74) is 0. The van der Waals surface area contributed by atoms with Gasteiger partial charge in [-0.2, -0.15) is 0 Å². The average molecular weight is 450 g/mol. The van der Waals surface area contributed by atoms with Gasteiger partial charge in [0.2, 0.25) is 0 Å². The number of aliphatic hydroxyl groups excluding tert-OH is 2. The van der Waals surface area contributed by atoms with Gasteiger partial charge in [-0.1, -0.05) is 14.9 Å². The van der Waals surface area contributed by atoms with E-state index in [9.17, 15) is 38.4 Å². The van der Waals surface area contributed by atoms with Crippen LogP contribution in [0.4, 0.5) is 0 Å². The molecule has 0 fully saturated rings. The van der Waals surface area contributed by atoms with Gasteiger partial charge in [0.15, 0.2) is 6.10 Å². The van der Waals surface area contributed by atoms with Gasteiger partial charge in [-0.3, -0.25) is 13.9 Å². The summed E-state index contributed by atoms with van der Waals surface area (Å²) in [7, 11) is -11.7. The Hall–Kier alpha value is 1.67. The minimum absolute atomic E-state index is 0. The molecule has 0 aliphatic rings. The molecule has 0 aliphatic heterocycles.